The van der Waals surface area contributed by atoms with Gasteiger partial charge in [-0.15, -0.1) is 0 Å². The highest BCUT2D eigenvalue weighted by atomic mass is 16.8. The van der Waals surface area contributed by atoms with Crippen molar-refractivity contribution in [3.8, 4) is 0 Å². The van der Waals surface area contributed by atoms with E-state index in [-0.39, 0.29) is 22.7 Å². The summed E-state index contributed by atoms with van der Waals surface area (Å²) < 4.78 is 22.4. The van der Waals surface area contributed by atoms with E-state index in [4.69, 9.17) is 18.9 Å². The second-order valence-electron chi connectivity index (χ2n) is 10.7. The van der Waals surface area contributed by atoms with Crippen LogP contribution in [0.4, 0.5) is 0 Å². The summed E-state index contributed by atoms with van der Waals surface area (Å²) in [4.78, 5) is 36.2. The molecule has 4 rings (SSSR count). The molecule has 7 nitrogen and oxygen atoms in total. The second-order valence-corrected chi connectivity index (χ2v) is 10.7. The molecule has 0 N–H and O–H groups in total. The standard InChI is InChI=1S/C24H34O7/c1-12-8-7-10-23(4,5)15-9-11-24(6,17(12)15)18-16-19(28-13(2)25)20(27)30-22(18)31-21(16)29-14(3)26/h15-19,21-22H,1,7-11H2,2-6H3/t15-,16+,17-,18+,19+,21-,22-,24-/m1/s1. The minimum Gasteiger partial charge on any atom is -0.450 e. The molecular formula is C24H34O7. The van der Waals surface area contributed by atoms with Gasteiger partial charge in [-0.25, -0.2) is 4.79 Å². The first-order chi connectivity index (χ1) is 14.5. The van der Waals surface area contributed by atoms with Crippen LogP contribution < -0.4 is 0 Å². The van der Waals surface area contributed by atoms with Crippen LogP contribution in [0.15, 0.2) is 12.2 Å². The van der Waals surface area contributed by atoms with E-state index in [2.05, 4.69) is 27.4 Å². The van der Waals surface area contributed by atoms with Crippen LogP contribution in [-0.2, 0) is 33.3 Å². The van der Waals surface area contributed by atoms with Gasteiger partial charge < -0.3 is 18.9 Å². The van der Waals surface area contributed by atoms with Crippen LogP contribution in [0.1, 0.15) is 66.7 Å². The number of esters is 3. The van der Waals surface area contributed by atoms with Gasteiger partial charge in [0.15, 0.2) is 0 Å². The van der Waals surface area contributed by atoms with E-state index in [1.54, 1.807) is 0 Å². The van der Waals surface area contributed by atoms with Crippen molar-refractivity contribution in [2.45, 2.75) is 85.4 Å². The first-order valence-corrected chi connectivity index (χ1v) is 11.3. The number of rotatable bonds is 3. The van der Waals surface area contributed by atoms with Gasteiger partial charge in [0.2, 0.25) is 18.7 Å². The number of carbonyl (C=O) groups excluding carboxylic acids is 3. The summed E-state index contributed by atoms with van der Waals surface area (Å²) >= 11 is 0. The zero-order valence-electron chi connectivity index (χ0n) is 19.1. The Morgan fingerprint density at radius 2 is 1.77 bits per heavy atom. The lowest BCUT2D eigenvalue weighted by Gasteiger charge is -2.47. The normalized spacial score (nSPS) is 43.6. The van der Waals surface area contributed by atoms with Crippen molar-refractivity contribution in [2.24, 2.45) is 34.5 Å². The van der Waals surface area contributed by atoms with Crippen molar-refractivity contribution >= 4 is 17.9 Å². The molecule has 2 heterocycles. The Bertz CT molecular complexity index is 802. The first kappa shape index (κ1) is 22.3. The smallest absolute Gasteiger partial charge is 0.350 e. The van der Waals surface area contributed by atoms with Crippen LogP contribution in [0, 0.1) is 34.5 Å². The van der Waals surface area contributed by atoms with Gasteiger partial charge in [0, 0.05) is 19.8 Å². The maximum Gasteiger partial charge on any atom is 0.350 e. The number of hydrogen-bond donors (Lipinski definition) is 0. The molecule has 4 aliphatic rings. The summed E-state index contributed by atoms with van der Waals surface area (Å²) in [7, 11) is 0. The third kappa shape index (κ3) is 3.59. The molecule has 0 spiro atoms. The van der Waals surface area contributed by atoms with E-state index in [0.29, 0.717) is 5.92 Å². The predicted molar refractivity (Wildman–Crippen MR) is 110 cm³/mol. The van der Waals surface area contributed by atoms with Crippen LogP contribution in [0.5, 0.6) is 0 Å². The molecule has 2 saturated heterocycles. The van der Waals surface area contributed by atoms with Crippen molar-refractivity contribution < 1.29 is 33.3 Å². The van der Waals surface area contributed by atoms with E-state index in [0.717, 1.165) is 32.1 Å². The summed E-state index contributed by atoms with van der Waals surface area (Å²) in [6.45, 7) is 13.9. The summed E-state index contributed by atoms with van der Waals surface area (Å²) in [5.74, 6) is -1.92. The topological polar surface area (TPSA) is 88.1 Å². The molecule has 0 amide bonds. The van der Waals surface area contributed by atoms with Crippen LogP contribution in [0.2, 0.25) is 0 Å². The van der Waals surface area contributed by atoms with Crippen LogP contribution in [-0.4, -0.2) is 36.6 Å². The molecule has 0 aromatic heterocycles. The minimum atomic E-state index is -1.16. The second kappa shape index (κ2) is 7.61. The van der Waals surface area contributed by atoms with Gasteiger partial charge in [0.25, 0.3) is 0 Å². The average Bonchev–Trinajstić information content (AvgIpc) is 3.10. The molecule has 8 atom stereocenters. The molecule has 4 fully saturated rings. The molecule has 31 heavy (non-hydrogen) atoms. The molecule has 2 saturated carbocycles. The molecule has 0 aromatic rings. The third-order valence-electron chi connectivity index (χ3n) is 8.31. The van der Waals surface area contributed by atoms with E-state index in [1.165, 1.54) is 19.4 Å². The summed E-state index contributed by atoms with van der Waals surface area (Å²) in [6, 6.07) is 0. The number of fused-ring (bicyclic) bond motifs is 3. The van der Waals surface area contributed by atoms with Crippen molar-refractivity contribution in [1.29, 1.82) is 0 Å². The average molecular weight is 435 g/mol. The molecule has 2 bridgehead atoms. The first-order valence-electron chi connectivity index (χ1n) is 11.3. The molecule has 0 radical (unpaired) electrons. The van der Waals surface area contributed by atoms with Gasteiger partial charge in [-0.1, -0.05) is 32.9 Å². The highest BCUT2D eigenvalue weighted by Crippen LogP contribution is 2.66. The molecule has 7 heteroatoms. The lowest BCUT2D eigenvalue weighted by molar-refractivity contribution is -0.219. The number of ether oxygens (including phenoxy) is 4. The van der Waals surface area contributed by atoms with Crippen LogP contribution in [0.3, 0.4) is 0 Å². The van der Waals surface area contributed by atoms with E-state index < -0.39 is 42.5 Å². The lowest BCUT2D eigenvalue weighted by atomic mass is 9.58. The third-order valence-corrected chi connectivity index (χ3v) is 8.31. The SMILES string of the molecule is C=C1CCCC(C)(C)[C@@H]2CC[C@@](C)([C@@H]3[C@@H]4OC(=O)[C@@H](OC(C)=O)[C@H]3[C@H](OC(C)=O)O4)[C@H]12. The summed E-state index contributed by atoms with van der Waals surface area (Å²) in [5, 5.41) is 0. The fourth-order valence-corrected chi connectivity index (χ4v) is 7.08. The Balaban J connectivity index is 1.76. The molecule has 2 aliphatic carbocycles. The van der Waals surface area contributed by atoms with Crippen molar-refractivity contribution in [1.82, 2.24) is 0 Å². The fourth-order valence-electron chi connectivity index (χ4n) is 7.08. The zero-order valence-corrected chi connectivity index (χ0v) is 19.1. The van der Waals surface area contributed by atoms with Gasteiger partial charge in [0.05, 0.1) is 5.92 Å². The fraction of sp³-hybridized carbons (Fsp3) is 0.792. The van der Waals surface area contributed by atoms with Crippen LogP contribution >= 0.6 is 0 Å². The van der Waals surface area contributed by atoms with E-state index >= 15 is 0 Å². The van der Waals surface area contributed by atoms with Crippen molar-refractivity contribution in [2.75, 3.05) is 0 Å². The molecular weight excluding hydrogens is 400 g/mol. The maximum atomic E-state index is 12.7. The molecule has 172 valence electrons. The van der Waals surface area contributed by atoms with Crippen LogP contribution in [0.25, 0.3) is 0 Å². The Hall–Kier alpha value is -1.89. The van der Waals surface area contributed by atoms with Gasteiger partial charge in [-0.2, -0.15) is 0 Å². The molecule has 2 aliphatic heterocycles. The maximum absolute atomic E-state index is 12.7. The number of allylic oxidation sites excluding steroid dienone is 1. The van der Waals surface area contributed by atoms with Gasteiger partial charge >= 0.3 is 17.9 Å². The highest BCUT2D eigenvalue weighted by Gasteiger charge is 2.68. The molecule has 0 aromatic carbocycles. The van der Waals surface area contributed by atoms with Gasteiger partial charge in [-0.05, 0) is 54.8 Å². The lowest BCUT2D eigenvalue weighted by Crippen LogP contribution is -2.54. The van der Waals surface area contributed by atoms with E-state index in [1.807, 2.05) is 0 Å². The van der Waals surface area contributed by atoms with Crippen molar-refractivity contribution in [3.05, 3.63) is 12.2 Å². The van der Waals surface area contributed by atoms with Crippen molar-refractivity contribution in [3.63, 3.8) is 0 Å². The van der Waals surface area contributed by atoms with E-state index in [9.17, 15) is 14.4 Å². The minimum absolute atomic E-state index is 0.178. The number of carbonyl (C=O) groups is 3. The Morgan fingerprint density at radius 3 is 2.42 bits per heavy atom. The number of hydrogen-bond acceptors (Lipinski definition) is 7. The Labute approximate surface area is 183 Å². The largest absolute Gasteiger partial charge is 0.450 e. The summed E-state index contributed by atoms with van der Waals surface area (Å²) in [5.41, 5.74) is 1.13. The monoisotopic (exact) mass is 434 g/mol. The Morgan fingerprint density at radius 1 is 1.10 bits per heavy atom. The van der Waals surface area contributed by atoms with Gasteiger partial charge in [0.1, 0.15) is 0 Å². The summed E-state index contributed by atoms with van der Waals surface area (Å²) in [6.07, 6.45) is 2.22. The Kier molecular flexibility index (Phi) is 5.48. The van der Waals surface area contributed by atoms with Gasteiger partial charge in [-0.3, -0.25) is 9.59 Å². The molecule has 0 unspecified atom stereocenters. The predicted octanol–water partition coefficient (Wildman–Crippen LogP) is 3.75. The zero-order chi connectivity index (χ0) is 22.7. The quantitative estimate of drug-likeness (QED) is 0.380. The highest BCUT2D eigenvalue weighted by molar-refractivity contribution is 5.80.